The van der Waals surface area contributed by atoms with Crippen LogP contribution in [0, 0.1) is 6.92 Å². The van der Waals surface area contributed by atoms with E-state index in [9.17, 15) is 14.4 Å². The number of nitrogens with zero attached hydrogens (tertiary/aromatic N) is 2. The van der Waals surface area contributed by atoms with E-state index in [4.69, 9.17) is 9.15 Å². The van der Waals surface area contributed by atoms with Crippen LogP contribution in [-0.2, 0) is 29.1 Å². The molecule has 2 aromatic heterocycles. The number of hydrogen-bond acceptors (Lipinski definition) is 6. The zero-order valence-electron chi connectivity index (χ0n) is 18.8. The van der Waals surface area contributed by atoms with E-state index < -0.39 is 11.6 Å². The van der Waals surface area contributed by atoms with Crippen LogP contribution in [0.1, 0.15) is 43.0 Å². The fraction of sp³-hybridized carbons (Fsp3) is 0.308. The Balaban J connectivity index is 1.49. The molecule has 4 aromatic rings. The summed E-state index contributed by atoms with van der Waals surface area (Å²) in [7, 11) is 0. The van der Waals surface area contributed by atoms with Crippen LogP contribution in [0.3, 0.4) is 0 Å². The second-order valence-corrected chi connectivity index (χ2v) is 8.11. The van der Waals surface area contributed by atoms with Gasteiger partial charge in [-0.1, -0.05) is 37.6 Å². The number of esters is 1. The molecule has 0 aliphatic heterocycles. The summed E-state index contributed by atoms with van der Waals surface area (Å²) in [6.45, 7) is 4.55. The number of aromatic nitrogens is 2. The molecule has 7 nitrogen and oxygen atoms in total. The van der Waals surface area contributed by atoms with Crippen molar-refractivity contribution in [2.45, 2.75) is 52.7 Å². The van der Waals surface area contributed by atoms with Crippen molar-refractivity contribution in [3.8, 4) is 0 Å². The molecule has 7 heteroatoms. The number of carbonyl (C=O) groups is 1. The molecule has 0 saturated heterocycles. The predicted molar refractivity (Wildman–Crippen MR) is 126 cm³/mol. The van der Waals surface area contributed by atoms with Gasteiger partial charge in [0.25, 0.3) is 5.56 Å². The summed E-state index contributed by atoms with van der Waals surface area (Å²) in [4.78, 5) is 41.8. The van der Waals surface area contributed by atoms with E-state index in [1.165, 1.54) is 6.07 Å². The summed E-state index contributed by atoms with van der Waals surface area (Å²) in [5, 5.41) is 0.725. The van der Waals surface area contributed by atoms with Gasteiger partial charge in [-0.3, -0.25) is 9.59 Å². The molecule has 0 N–H and O–H groups in total. The molecule has 2 heterocycles. The maximum absolute atomic E-state index is 13.0. The lowest BCUT2D eigenvalue weighted by Crippen LogP contribution is -2.26. The van der Waals surface area contributed by atoms with Gasteiger partial charge in [0.1, 0.15) is 17.9 Å². The molecule has 0 aliphatic rings. The van der Waals surface area contributed by atoms with Gasteiger partial charge in [-0.2, -0.15) is 0 Å². The second kappa shape index (κ2) is 9.81. The first kappa shape index (κ1) is 22.5. The molecule has 0 unspecified atom stereocenters. The zero-order chi connectivity index (χ0) is 23.4. The molecule has 0 radical (unpaired) electrons. The van der Waals surface area contributed by atoms with Gasteiger partial charge < -0.3 is 13.7 Å². The van der Waals surface area contributed by atoms with E-state index in [0.29, 0.717) is 23.4 Å². The highest BCUT2D eigenvalue weighted by molar-refractivity contribution is 5.81. The molecule has 0 fully saturated rings. The minimum atomic E-state index is -0.493. The maximum atomic E-state index is 13.0. The lowest BCUT2D eigenvalue weighted by atomic mass is 10.1. The van der Waals surface area contributed by atoms with E-state index >= 15 is 0 Å². The number of para-hydroxylation sites is 2. The first-order valence-electron chi connectivity index (χ1n) is 11.1. The number of fused-ring (bicyclic) bond motifs is 2. The molecule has 33 heavy (non-hydrogen) atoms. The normalized spacial score (nSPS) is 11.2. The monoisotopic (exact) mass is 446 g/mol. The quantitative estimate of drug-likeness (QED) is 0.296. The maximum Gasteiger partial charge on any atom is 0.336 e. The molecular weight excluding hydrogens is 420 g/mol. The summed E-state index contributed by atoms with van der Waals surface area (Å²) >= 11 is 0. The Hall–Kier alpha value is -3.74. The number of rotatable bonds is 8. The number of hydrogen-bond donors (Lipinski definition) is 0. The summed E-state index contributed by atoms with van der Waals surface area (Å²) in [5.41, 5.74) is 3.22. The topological polar surface area (TPSA) is 91.4 Å². The first-order valence-corrected chi connectivity index (χ1v) is 11.1. The van der Waals surface area contributed by atoms with Gasteiger partial charge in [0.2, 0.25) is 0 Å². The number of benzene rings is 2. The molecule has 4 rings (SSSR count). The Morgan fingerprint density at radius 1 is 1.12 bits per heavy atom. The van der Waals surface area contributed by atoms with Crippen molar-refractivity contribution < 1.29 is 13.9 Å². The summed E-state index contributed by atoms with van der Waals surface area (Å²) in [5.74, 6) is -0.460. The van der Waals surface area contributed by atoms with Crippen molar-refractivity contribution in [2.75, 3.05) is 0 Å². The Kier molecular flexibility index (Phi) is 6.68. The van der Waals surface area contributed by atoms with Crippen molar-refractivity contribution in [3.63, 3.8) is 0 Å². The summed E-state index contributed by atoms with van der Waals surface area (Å²) < 4.78 is 12.4. The lowest BCUT2D eigenvalue weighted by molar-refractivity contribution is -0.144. The molecular formula is C26H26N2O5. The predicted octanol–water partition coefficient (Wildman–Crippen LogP) is 4.29. The number of ether oxygens (including phenoxy) is 1. The van der Waals surface area contributed by atoms with Gasteiger partial charge in [0.05, 0.1) is 17.5 Å². The van der Waals surface area contributed by atoms with E-state index in [-0.39, 0.29) is 25.0 Å². The number of aryl methyl sites for hydroxylation is 3. The molecule has 0 amide bonds. The van der Waals surface area contributed by atoms with Crippen LogP contribution in [0.2, 0.25) is 0 Å². The third-order valence-electron chi connectivity index (χ3n) is 5.60. The van der Waals surface area contributed by atoms with Crippen LogP contribution < -0.4 is 11.2 Å². The highest BCUT2D eigenvalue weighted by Gasteiger charge is 2.14. The Labute approximate surface area is 190 Å². The largest absolute Gasteiger partial charge is 0.461 e. The molecule has 0 saturated carbocycles. The van der Waals surface area contributed by atoms with E-state index in [1.54, 1.807) is 10.6 Å². The molecule has 170 valence electrons. The molecule has 2 aromatic carbocycles. The van der Waals surface area contributed by atoms with E-state index in [0.717, 1.165) is 34.8 Å². The summed E-state index contributed by atoms with van der Waals surface area (Å²) in [6.07, 6.45) is 2.06. The molecule has 0 bridgehead atoms. The third-order valence-corrected chi connectivity index (χ3v) is 5.60. The highest BCUT2D eigenvalue weighted by atomic mass is 16.5. The molecule has 0 atom stereocenters. The smallest absolute Gasteiger partial charge is 0.336 e. The van der Waals surface area contributed by atoms with Gasteiger partial charge >= 0.3 is 11.6 Å². The van der Waals surface area contributed by atoms with Crippen LogP contribution in [0.25, 0.3) is 22.0 Å². The lowest BCUT2D eigenvalue weighted by Gasteiger charge is -2.12. The molecule has 0 aliphatic carbocycles. The van der Waals surface area contributed by atoms with Crippen LogP contribution >= 0.6 is 0 Å². The minimum Gasteiger partial charge on any atom is -0.461 e. The Morgan fingerprint density at radius 2 is 1.94 bits per heavy atom. The SMILES string of the molecule is CCCCn1c(=O)c(CCC(=O)OCc2cc(=O)oc3cc(C)ccc23)nc2ccccc21. The Bertz CT molecular complexity index is 1430. The fourth-order valence-corrected chi connectivity index (χ4v) is 3.85. The van der Waals surface area contributed by atoms with Crippen molar-refractivity contribution in [1.29, 1.82) is 0 Å². The summed E-state index contributed by atoms with van der Waals surface area (Å²) in [6, 6.07) is 14.4. The van der Waals surface area contributed by atoms with Crippen LogP contribution in [0.5, 0.6) is 0 Å². The van der Waals surface area contributed by atoms with Gasteiger partial charge in [-0.25, -0.2) is 9.78 Å². The highest BCUT2D eigenvalue weighted by Crippen LogP contribution is 2.19. The van der Waals surface area contributed by atoms with Gasteiger partial charge in [0, 0.05) is 30.0 Å². The van der Waals surface area contributed by atoms with Crippen molar-refractivity contribution >= 4 is 28.0 Å². The van der Waals surface area contributed by atoms with Crippen molar-refractivity contribution in [1.82, 2.24) is 9.55 Å². The fourth-order valence-electron chi connectivity index (χ4n) is 3.85. The zero-order valence-corrected chi connectivity index (χ0v) is 18.8. The molecule has 0 spiro atoms. The second-order valence-electron chi connectivity index (χ2n) is 8.11. The van der Waals surface area contributed by atoms with Crippen LogP contribution in [0.15, 0.2) is 62.5 Å². The Morgan fingerprint density at radius 3 is 2.76 bits per heavy atom. The van der Waals surface area contributed by atoms with Gasteiger partial charge in [-0.15, -0.1) is 0 Å². The van der Waals surface area contributed by atoms with Crippen LogP contribution in [0.4, 0.5) is 0 Å². The van der Waals surface area contributed by atoms with E-state index in [2.05, 4.69) is 11.9 Å². The van der Waals surface area contributed by atoms with E-state index in [1.807, 2.05) is 43.3 Å². The van der Waals surface area contributed by atoms with Crippen LogP contribution in [-0.4, -0.2) is 15.5 Å². The average molecular weight is 447 g/mol. The van der Waals surface area contributed by atoms with Crippen molar-refractivity contribution in [3.05, 3.63) is 86.1 Å². The minimum absolute atomic E-state index is 0.0207. The third kappa shape index (κ3) is 5.03. The van der Waals surface area contributed by atoms with Crippen molar-refractivity contribution in [2.24, 2.45) is 0 Å². The number of unbranched alkanes of at least 4 members (excludes halogenated alkanes) is 1. The number of carbonyl (C=O) groups excluding carboxylic acids is 1. The van der Waals surface area contributed by atoms with Gasteiger partial charge in [0.15, 0.2) is 0 Å². The average Bonchev–Trinajstić information content (AvgIpc) is 2.80. The van der Waals surface area contributed by atoms with Gasteiger partial charge in [-0.05, 0) is 37.1 Å². The standard InChI is InChI=1S/C26H26N2O5/c1-3-4-13-28-22-8-6-5-7-20(22)27-21(26(28)31)11-12-24(29)32-16-18-15-25(30)33-23-14-17(2)9-10-19(18)23/h5-10,14-15H,3-4,11-13,16H2,1-2H3. The first-order chi connectivity index (χ1) is 16.0.